The summed E-state index contributed by atoms with van der Waals surface area (Å²) in [6.07, 6.45) is 7.18. The molecule has 0 saturated heterocycles. The average molecular weight is 254 g/mol. The predicted molar refractivity (Wildman–Crippen MR) is 72.9 cm³/mol. The molecule has 5 heteroatoms. The van der Waals surface area contributed by atoms with Crippen LogP contribution in [0.2, 0.25) is 0 Å². The summed E-state index contributed by atoms with van der Waals surface area (Å²) in [6.45, 7) is 0. The highest BCUT2D eigenvalue weighted by Gasteiger charge is 2.04. The average Bonchev–Trinajstić information content (AvgIpc) is 2.89. The minimum absolute atomic E-state index is 0.796. The van der Waals surface area contributed by atoms with E-state index < -0.39 is 0 Å². The van der Waals surface area contributed by atoms with Crippen molar-refractivity contribution in [1.82, 2.24) is 15.0 Å². The van der Waals surface area contributed by atoms with E-state index in [1.807, 2.05) is 42.7 Å². The van der Waals surface area contributed by atoms with E-state index in [-0.39, 0.29) is 0 Å². The lowest BCUT2D eigenvalue weighted by Crippen LogP contribution is -1.90. The molecule has 4 nitrogen and oxygen atoms in total. The zero-order valence-corrected chi connectivity index (χ0v) is 10.3. The molecule has 3 aromatic rings. The summed E-state index contributed by atoms with van der Waals surface area (Å²) >= 11 is 1.58. The van der Waals surface area contributed by atoms with Crippen LogP contribution in [0.15, 0.2) is 55.1 Å². The molecule has 0 atom stereocenters. The highest BCUT2D eigenvalue weighted by molar-refractivity contribution is 7.18. The molecule has 3 rings (SSSR count). The van der Waals surface area contributed by atoms with Gasteiger partial charge in [0.15, 0.2) is 5.13 Å². The monoisotopic (exact) mass is 254 g/mol. The standard InChI is InChI=1S/C13H10N4S/c1-2-7-15-12(5-1)17-13-16-9-11(18-13)10-4-3-6-14-8-10/h1-9H,(H,15,16,17). The smallest absolute Gasteiger partial charge is 0.188 e. The Hall–Kier alpha value is -2.27. The minimum Gasteiger partial charge on any atom is -0.316 e. The number of anilines is 2. The van der Waals surface area contributed by atoms with Crippen molar-refractivity contribution in [2.75, 3.05) is 5.32 Å². The Morgan fingerprint density at radius 3 is 2.72 bits per heavy atom. The highest BCUT2D eigenvalue weighted by Crippen LogP contribution is 2.29. The Labute approximate surface area is 108 Å². The number of rotatable bonds is 3. The second kappa shape index (κ2) is 4.93. The highest BCUT2D eigenvalue weighted by atomic mass is 32.1. The first-order chi connectivity index (χ1) is 8.92. The van der Waals surface area contributed by atoms with Gasteiger partial charge in [-0.3, -0.25) is 4.98 Å². The van der Waals surface area contributed by atoms with Gasteiger partial charge in [-0.05, 0) is 18.2 Å². The second-order valence-corrected chi connectivity index (χ2v) is 4.64. The van der Waals surface area contributed by atoms with Gasteiger partial charge in [0.2, 0.25) is 0 Å². The third kappa shape index (κ3) is 2.36. The van der Waals surface area contributed by atoms with Gasteiger partial charge in [-0.15, -0.1) is 0 Å². The maximum absolute atomic E-state index is 4.33. The Morgan fingerprint density at radius 1 is 0.944 bits per heavy atom. The molecule has 0 radical (unpaired) electrons. The summed E-state index contributed by atoms with van der Waals surface area (Å²) < 4.78 is 0. The maximum atomic E-state index is 4.33. The topological polar surface area (TPSA) is 50.7 Å². The van der Waals surface area contributed by atoms with Crippen molar-refractivity contribution in [1.29, 1.82) is 0 Å². The van der Waals surface area contributed by atoms with Crippen molar-refractivity contribution < 1.29 is 0 Å². The molecule has 18 heavy (non-hydrogen) atoms. The van der Waals surface area contributed by atoms with Gasteiger partial charge in [-0.25, -0.2) is 9.97 Å². The Bertz CT molecular complexity index is 622. The Morgan fingerprint density at radius 2 is 1.94 bits per heavy atom. The summed E-state index contributed by atoms with van der Waals surface area (Å²) in [6, 6.07) is 9.66. The third-order valence-electron chi connectivity index (χ3n) is 2.35. The van der Waals surface area contributed by atoms with Gasteiger partial charge in [-0.1, -0.05) is 23.5 Å². The van der Waals surface area contributed by atoms with Gasteiger partial charge in [0.1, 0.15) is 5.82 Å². The van der Waals surface area contributed by atoms with Crippen LogP contribution in [-0.2, 0) is 0 Å². The van der Waals surface area contributed by atoms with Crippen LogP contribution in [0.4, 0.5) is 10.9 Å². The van der Waals surface area contributed by atoms with Gasteiger partial charge < -0.3 is 5.32 Å². The number of hydrogen-bond acceptors (Lipinski definition) is 5. The van der Waals surface area contributed by atoms with Crippen LogP contribution in [0.5, 0.6) is 0 Å². The number of nitrogens with one attached hydrogen (secondary N) is 1. The van der Waals surface area contributed by atoms with Crippen LogP contribution in [-0.4, -0.2) is 15.0 Å². The SMILES string of the molecule is c1ccc(Nc2ncc(-c3cccnc3)s2)nc1. The molecule has 3 aromatic heterocycles. The number of thiazole rings is 1. The number of pyridine rings is 2. The Balaban J connectivity index is 1.82. The van der Waals surface area contributed by atoms with Crippen LogP contribution in [0.3, 0.4) is 0 Å². The first-order valence-electron chi connectivity index (χ1n) is 5.46. The van der Waals surface area contributed by atoms with E-state index in [4.69, 9.17) is 0 Å². The summed E-state index contributed by atoms with van der Waals surface area (Å²) in [5.74, 6) is 0.796. The first-order valence-corrected chi connectivity index (χ1v) is 6.28. The van der Waals surface area contributed by atoms with Crippen LogP contribution in [0, 0.1) is 0 Å². The zero-order chi connectivity index (χ0) is 12.2. The molecule has 0 spiro atoms. The molecule has 0 bridgehead atoms. The van der Waals surface area contributed by atoms with Crippen molar-refractivity contribution in [2.45, 2.75) is 0 Å². The molecule has 0 aliphatic carbocycles. The largest absolute Gasteiger partial charge is 0.316 e. The molecular weight excluding hydrogens is 244 g/mol. The fourth-order valence-electron chi connectivity index (χ4n) is 1.52. The molecule has 1 N–H and O–H groups in total. The summed E-state index contributed by atoms with van der Waals surface area (Å²) in [7, 11) is 0. The van der Waals surface area contributed by atoms with E-state index >= 15 is 0 Å². The van der Waals surface area contributed by atoms with Gasteiger partial charge >= 0.3 is 0 Å². The van der Waals surface area contributed by atoms with Crippen LogP contribution >= 0.6 is 11.3 Å². The minimum atomic E-state index is 0.796. The summed E-state index contributed by atoms with van der Waals surface area (Å²) in [5, 5.41) is 4.00. The molecule has 0 aromatic carbocycles. The molecule has 0 amide bonds. The Kier molecular flexibility index (Phi) is 2.97. The lowest BCUT2D eigenvalue weighted by atomic mass is 10.3. The fourth-order valence-corrected chi connectivity index (χ4v) is 2.33. The van der Waals surface area contributed by atoms with Crippen LogP contribution in [0.25, 0.3) is 10.4 Å². The molecule has 88 valence electrons. The lowest BCUT2D eigenvalue weighted by molar-refractivity contribution is 1.29. The van der Waals surface area contributed by atoms with Crippen molar-refractivity contribution in [3.63, 3.8) is 0 Å². The van der Waals surface area contributed by atoms with Crippen LogP contribution < -0.4 is 5.32 Å². The van der Waals surface area contributed by atoms with Crippen LogP contribution in [0.1, 0.15) is 0 Å². The molecule has 3 heterocycles. The number of hydrogen-bond donors (Lipinski definition) is 1. The molecule has 0 aliphatic heterocycles. The number of aromatic nitrogens is 3. The zero-order valence-electron chi connectivity index (χ0n) is 9.45. The van der Waals surface area contributed by atoms with E-state index in [1.165, 1.54) is 0 Å². The summed E-state index contributed by atoms with van der Waals surface area (Å²) in [5.41, 5.74) is 1.07. The van der Waals surface area contributed by atoms with E-state index in [0.717, 1.165) is 21.4 Å². The van der Waals surface area contributed by atoms with Gasteiger partial charge in [0.25, 0.3) is 0 Å². The fraction of sp³-hybridized carbons (Fsp3) is 0. The van der Waals surface area contributed by atoms with E-state index in [1.54, 1.807) is 23.7 Å². The maximum Gasteiger partial charge on any atom is 0.188 e. The van der Waals surface area contributed by atoms with E-state index in [0.29, 0.717) is 0 Å². The van der Waals surface area contributed by atoms with E-state index in [9.17, 15) is 0 Å². The molecule has 0 saturated carbocycles. The van der Waals surface area contributed by atoms with Gasteiger partial charge in [0, 0.05) is 30.4 Å². The van der Waals surface area contributed by atoms with Crippen molar-refractivity contribution >= 4 is 22.3 Å². The van der Waals surface area contributed by atoms with Crippen molar-refractivity contribution in [3.8, 4) is 10.4 Å². The predicted octanol–water partition coefficient (Wildman–Crippen LogP) is 3.34. The van der Waals surface area contributed by atoms with Crippen molar-refractivity contribution in [3.05, 3.63) is 55.1 Å². The van der Waals surface area contributed by atoms with E-state index in [2.05, 4.69) is 20.3 Å². The molecule has 0 fully saturated rings. The van der Waals surface area contributed by atoms with Gasteiger partial charge in [0.05, 0.1) is 4.88 Å². The number of nitrogens with zero attached hydrogens (tertiary/aromatic N) is 3. The second-order valence-electron chi connectivity index (χ2n) is 3.61. The normalized spacial score (nSPS) is 10.2. The van der Waals surface area contributed by atoms with Gasteiger partial charge in [-0.2, -0.15) is 0 Å². The molecule has 0 unspecified atom stereocenters. The lowest BCUT2D eigenvalue weighted by Gasteiger charge is -1.99. The first kappa shape index (κ1) is 10.9. The summed E-state index contributed by atoms with van der Waals surface area (Å²) in [4.78, 5) is 13.7. The molecule has 0 aliphatic rings. The quantitative estimate of drug-likeness (QED) is 0.778. The molecular formula is C13H10N4S. The third-order valence-corrected chi connectivity index (χ3v) is 3.31. The van der Waals surface area contributed by atoms with Crippen molar-refractivity contribution in [2.24, 2.45) is 0 Å².